The number of ether oxygens (including phenoxy) is 1. The first kappa shape index (κ1) is 29.4. The van der Waals surface area contributed by atoms with Gasteiger partial charge < -0.3 is 20.1 Å². The van der Waals surface area contributed by atoms with Crippen molar-refractivity contribution < 1.29 is 14.6 Å². The number of H-pyrrole nitrogens is 1. The smallest absolute Gasteiger partial charge is 0.352 e. The monoisotopic (exact) mass is 638 g/mol. The summed E-state index contributed by atoms with van der Waals surface area (Å²) in [4.78, 5) is 15.5. The zero-order chi connectivity index (χ0) is 29.9. The summed E-state index contributed by atoms with van der Waals surface area (Å²) in [5.74, 6) is 0.483. The molecule has 0 radical (unpaired) electrons. The van der Waals surface area contributed by atoms with E-state index in [1.54, 1.807) is 35.0 Å². The summed E-state index contributed by atoms with van der Waals surface area (Å²) in [6.45, 7) is 0.915. The fraction of sp³-hybridized carbons (Fsp3) is 0.290. The van der Waals surface area contributed by atoms with Crippen molar-refractivity contribution in [3.63, 3.8) is 0 Å². The third kappa shape index (κ3) is 6.35. The number of nitrogens with one attached hydrogen (secondary N) is 2. The minimum absolute atomic E-state index is 0.0648. The molecule has 1 aliphatic carbocycles. The van der Waals surface area contributed by atoms with Gasteiger partial charge in [0.25, 0.3) is 0 Å². The molecule has 0 amide bonds. The zero-order valence-corrected chi connectivity index (χ0v) is 25.3. The topological polar surface area (TPSA) is 118 Å². The predicted octanol–water partition coefficient (Wildman–Crippen LogP) is 7.64. The molecule has 0 bridgehead atoms. The van der Waals surface area contributed by atoms with Crippen molar-refractivity contribution in [1.82, 2.24) is 30.5 Å². The first-order valence-electron chi connectivity index (χ1n) is 14.1. The van der Waals surface area contributed by atoms with E-state index in [1.165, 1.54) is 19.3 Å². The SMILES string of the molecule is O=C(O)c1[nH]c2cc(Cl)ccc2c1C(NCC1CCCCC1)c1nnnn1-c1ccc(OCc2c(Cl)cccc2Cl)cc1. The van der Waals surface area contributed by atoms with Gasteiger partial charge in [-0.05, 0) is 84.3 Å². The Morgan fingerprint density at radius 3 is 2.51 bits per heavy atom. The van der Waals surface area contributed by atoms with Gasteiger partial charge in [-0.25, -0.2) is 4.79 Å². The molecule has 6 rings (SSSR count). The van der Waals surface area contributed by atoms with Gasteiger partial charge in [-0.1, -0.05) is 66.2 Å². The van der Waals surface area contributed by atoms with Gasteiger partial charge in [0.1, 0.15) is 18.1 Å². The lowest BCUT2D eigenvalue weighted by atomic mass is 9.89. The molecule has 9 nitrogen and oxygen atoms in total. The summed E-state index contributed by atoms with van der Waals surface area (Å²) >= 11 is 18.8. The maximum Gasteiger partial charge on any atom is 0.352 e. The summed E-state index contributed by atoms with van der Waals surface area (Å²) in [6.07, 6.45) is 5.88. The van der Waals surface area contributed by atoms with Gasteiger partial charge in [0, 0.05) is 37.1 Å². The van der Waals surface area contributed by atoms with Gasteiger partial charge in [-0.3, -0.25) is 0 Å². The van der Waals surface area contributed by atoms with E-state index >= 15 is 0 Å². The van der Waals surface area contributed by atoms with Crippen LogP contribution in [-0.2, 0) is 6.61 Å². The summed E-state index contributed by atoms with van der Waals surface area (Å²) < 4.78 is 7.56. The molecule has 1 saturated carbocycles. The Kier molecular flexibility index (Phi) is 8.85. The Balaban J connectivity index is 1.34. The molecular weight excluding hydrogens is 611 g/mol. The molecule has 3 aromatic carbocycles. The fourth-order valence-corrected chi connectivity index (χ4v) is 6.40. The van der Waals surface area contributed by atoms with Crippen molar-refractivity contribution >= 4 is 51.7 Å². The molecule has 5 aromatic rings. The number of carboxylic acid groups (broad SMARTS) is 1. The molecule has 0 saturated heterocycles. The zero-order valence-electron chi connectivity index (χ0n) is 23.1. The number of carbonyl (C=O) groups is 1. The summed E-state index contributed by atoms with van der Waals surface area (Å²) in [7, 11) is 0. The molecule has 0 spiro atoms. The van der Waals surface area contributed by atoms with Crippen LogP contribution in [0, 0.1) is 5.92 Å². The highest BCUT2D eigenvalue weighted by atomic mass is 35.5. The molecule has 222 valence electrons. The number of fused-ring (bicyclic) bond motifs is 1. The van der Waals surface area contributed by atoms with Crippen molar-refractivity contribution in [1.29, 1.82) is 0 Å². The Morgan fingerprint density at radius 2 is 1.79 bits per heavy atom. The highest BCUT2D eigenvalue weighted by Crippen LogP contribution is 2.35. The minimum Gasteiger partial charge on any atom is -0.489 e. The van der Waals surface area contributed by atoms with Crippen molar-refractivity contribution in [3.05, 3.63) is 98.4 Å². The average Bonchev–Trinajstić information content (AvgIpc) is 3.64. The number of hydrogen-bond donors (Lipinski definition) is 3. The van der Waals surface area contributed by atoms with E-state index in [9.17, 15) is 9.90 Å². The van der Waals surface area contributed by atoms with Crippen LogP contribution < -0.4 is 10.1 Å². The highest BCUT2D eigenvalue weighted by Gasteiger charge is 2.31. The second kappa shape index (κ2) is 12.9. The van der Waals surface area contributed by atoms with Crippen molar-refractivity contribution in [3.8, 4) is 11.4 Å². The number of rotatable bonds is 10. The van der Waals surface area contributed by atoms with Crippen molar-refractivity contribution in [2.45, 2.75) is 44.8 Å². The van der Waals surface area contributed by atoms with Crippen LogP contribution in [0.3, 0.4) is 0 Å². The van der Waals surface area contributed by atoms with Gasteiger partial charge in [-0.2, -0.15) is 4.68 Å². The minimum atomic E-state index is -1.08. The lowest BCUT2D eigenvalue weighted by molar-refractivity contribution is 0.0689. The van der Waals surface area contributed by atoms with E-state index < -0.39 is 12.0 Å². The highest BCUT2D eigenvalue weighted by molar-refractivity contribution is 6.36. The second-order valence-electron chi connectivity index (χ2n) is 10.7. The van der Waals surface area contributed by atoms with Crippen LogP contribution in [0.2, 0.25) is 15.1 Å². The summed E-state index contributed by atoms with van der Waals surface area (Å²) in [5.41, 5.74) is 2.65. The number of aromatic carboxylic acids is 1. The van der Waals surface area contributed by atoms with Crippen LogP contribution in [0.15, 0.2) is 60.7 Å². The molecular formula is C31H29Cl3N6O3. The number of carboxylic acids is 1. The Hall–Kier alpha value is -3.63. The third-order valence-corrected chi connectivity index (χ3v) is 8.86. The molecule has 1 aliphatic rings. The van der Waals surface area contributed by atoms with Crippen LogP contribution >= 0.6 is 34.8 Å². The quantitative estimate of drug-likeness (QED) is 0.144. The molecule has 1 unspecified atom stereocenters. The van der Waals surface area contributed by atoms with Crippen LogP contribution in [0.1, 0.15) is 65.6 Å². The number of aromatic amines is 1. The number of tetrazole rings is 1. The Bertz CT molecular complexity index is 1730. The van der Waals surface area contributed by atoms with Crippen LogP contribution in [0.25, 0.3) is 16.6 Å². The van der Waals surface area contributed by atoms with Crippen LogP contribution in [0.5, 0.6) is 5.75 Å². The number of hydrogen-bond acceptors (Lipinski definition) is 6. The van der Waals surface area contributed by atoms with Gasteiger partial charge in [0.2, 0.25) is 0 Å². The molecule has 1 fully saturated rings. The first-order chi connectivity index (χ1) is 20.9. The maximum absolute atomic E-state index is 12.5. The summed E-state index contributed by atoms with van der Waals surface area (Å²) in [6, 6.07) is 17.3. The molecule has 43 heavy (non-hydrogen) atoms. The van der Waals surface area contributed by atoms with Gasteiger partial charge in [0.05, 0.1) is 11.7 Å². The number of benzene rings is 3. The Morgan fingerprint density at radius 1 is 1.05 bits per heavy atom. The third-order valence-electron chi connectivity index (χ3n) is 7.92. The maximum atomic E-state index is 12.5. The predicted molar refractivity (Wildman–Crippen MR) is 167 cm³/mol. The second-order valence-corrected chi connectivity index (χ2v) is 11.9. The molecule has 3 N–H and O–H groups in total. The standard InChI is InChI=1S/C31H29Cl3N6O3/c32-19-9-14-22-26(15-19)36-29(31(41)42)27(22)28(35-16-18-5-2-1-3-6-18)30-37-38-39-40(30)20-10-12-21(13-11-20)43-17-23-24(33)7-4-8-25(23)34/h4,7-15,18,28,35-36H,1-3,5-6,16-17H2,(H,41,42). The Labute approximate surface area is 263 Å². The van der Waals surface area contributed by atoms with E-state index in [-0.39, 0.29) is 12.3 Å². The van der Waals surface area contributed by atoms with E-state index in [0.29, 0.717) is 61.4 Å². The molecule has 12 heteroatoms. The van der Waals surface area contributed by atoms with E-state index in [0.717, 1.165) is 18.2 Å². The lowest BCUT2D eigenvalue weighted by Crippen LogP contribution is -2.32. The van der Waals surface area contributed by atoms with E-state index in [1.807, 2.05) is 30.3 Å². The van der Waals surface area contributed by atoms with Crippen LogP contribution in [0.4, 0.5) is 0 Å². The largest absolute Gasteiger partial charge is 0.489 e. The number of aromatic nitrogens is 5. The summed E-state index contributed by atoms with van der Waals surface area (Å²) in [5, 5.41) is 28.8. The molecule has 0 aliphatic heterocycles. The molecule has 2 heterocycles. The normalized spacial score (nSPS) is 14.7. The fourth-order valence-electron chi connectivity index (χ4n) is 5.73. The van der Waals surface area contributed by atoms with E-state index in [4.69, 9.17) is 39.5 Å². The number of halogens is 3. The van der Waals surface area contributed by atoms with Crippen molar-refractivity contribution in [2.24, 2.45) is 5.92 Å². The van der Waals surface area contributed by atoms with Gasteiger partial charge >= 0.3 is 5.97 Å². The molecule has 2 aromatic heterocycles. The van der Waals surface area contributed by atoms with E-state index in [2.05, 4.69) is 25.8 Å². The lowest BCUT2D eigenvalue weighted by Gasteiger charge is -2.25. The van der Waals surface area contributed by atoms with Crippen LogP contribution in [-0.4, -0.2) is 42.8 Å². The van der Waals surface area contributed by atoms with Gasteiger partial charge in [0.15, 0.2) is 5.82 Å². The number of nitrogens with zero attached hydrogens (tertiary/aromatic N) is 4. The van der Waals surface area contributed by atoms with Gasteiger partial charge in [-0.15, -0.1) is 5.10 Å². The van der Waals surface area contributed by atoms with Crippen molar-refractivity contribution in [2.75, 3.05) is 6.54 Å². The molecule has 1 atom stereocenters. The first-order valence-corrected chi connectivity index (χ1v) is 15.2. The average molecular weight is 640 g/mol.